The van der Waals surface area contributed by atoms with Gasteiger partial charge in [0.2, 0.25) is 5.95 Å². The van der Waals surface area contributed by atoms with Gasteiger partial charge in [-0.15, -0.1) is 0 Å². The number of rotatable bonds is 3. The first-order valence-corrected chi connectivity index (χ1v) is 7.16. The number of H-pyrrole nitrogens is 1. The average Bonchev–Trinajstić information content (AvgIpc) is 2.89. The number of fused-ring (bicyclic) bond motifs is 1. The molecule has 2 aromatic carbocycles. The van der Waals surface area contributed by atoms with Gasteiger partial charge in [0.25, 0.3) is 0 Å². The van der Waals surface area contributed by atoms with Crippen LogP contribution in [0.1, 0.15) is 15.9 Å². The number of anilines is 2. The van der Waals surface area contributed by atoms with Gasteiger partial charge >= 0.3 is 5.97 Å². The van der Waals surface area contributed by atoms with Crippen LogP contribution in [-0.4, -0.2) is 21.0 Å². The highest BCUT2D eigenvalue weighted by Crippen LogP contribution is 2.34. The van der Waals surface area contributed by atoms with Crippen molar-refractivity contribution in [1.29, 1.82) is 0 Å². The van der Waals surface area contributed by atoms with Crippen molar-refractivity contribution in [2.45, 2.75) is 6.92 Å². The first-order chi connectivity index (χ1) is 10.5. The minimum absolute atomic E-state index is 0.189. The largest absolute Gasteiger partial charge is 0.478 e. The summed E-state index contributed by atoms with van der Waals surface area (Å²) in [5.41, 5.74) is 2.89. The molecule has 0 saturated heterocycles. The number of halogens is 2. The van der Waals surface area contributed by atoms with E-state index < -0.39 is 5.97 Å². The van der Waals surface area contributed by atoms with Gasteiger partial charge in [0.1, 0.15) is 0 Å². The number of carbonyl (C=O) groups is 1. The number of carboxylic acids is 1. The lowest BCUT2D eigenvalue weighted by molar-refractivity contribution is 0.0697. The van der Waals surface area contributed by atoms with Crippen LogP contribution in [0.5, 0.6) is 0 Å². The quantitative estimate of drug-likeness (QED) is 0.652. The zero-order valence-corrected chi connectivity index (χ0v) is 13.0. The van der Waals surface area contributed by atoms with Crippen LogP contribution in [0.15, 0.2) is 30.3 Å². The summed E-state index contributed by atoms with van der Waals surface area (Å²) in [4.78, 5) is 18.3. The fourth-order valence-electron chi connectivity index (χ4n) is 2.09. The Balaban J connectivity index is 2.01. The molecule has 3 aromatic rings. The molecule has 112 valence electrons. The molecule has 0 aliphatic carbocycles. The van der Waals surface area contributed by atoms with E-state index in [-0.39, 0.29) is 5.56 Å². The van der Waals surface area contributed by atoms with Gasteiger partial charge in [-0.05, 0) is 36.8 Å². The Morgan fingerprint density at radius 1 is 1.27 bits per heavy atom. The Morgan fingerprint density at radius 2 is 2.05 bits per heavy atom. The summed E-state index contributed by atoms with van der Waals surface area (Å²) in [6.07, 6.45) is 0. The maximum Gasteiger partial charge on any atom is 0.335 e. The normalized spacial score (nSPS) is 10.9. The number of nitrogens with one attached hydrogen (secondary N) is 2. The van der Waals surface area contributed by atoms with Crippen molar-refractivity contribution in [3.63, 3.8) is 0 Å². The summed E-state index contributed by atoms with van der Waals surface area (Å²) in [5, 5.41) is 13.0. The molecule has 0 amide bonds. The van der Waals surface area contributed by atoms with Crippen molar-refractivity contribution in [1.82, 2.24) is 9.97 Å². The van der Waals surface area contributed by atoms with E-state index in [1.165, 1.54) is 12.1 Å². The van der Waals surface area contributed by atoms with E-state index in [0.29, 0.717) is 32.7 Å². The van der Waals surface area contributed by atoms with E-state index in [2.05, 4.69) is 15.3 Å². The molecule has 0 atom stereocenters. The number of hydrogen-bond acceptors (Lipinski definition) is 3. The first kappa shape index (κ1) is 14.7. The summed E-state index contributed by atoms with van der Waals surface area (Å²) in [7, 11) is 0. The third kappa shape index (κ3) is 2.61. The number of carboxylic acid groups (broad SMARTS) is 1. The van der Waals surface area contributed by atoms with Gasteiger partial charge in [0, 0.05) is 0 Å². The van der Waals surface area contributed by atoms with Crippen LogP contribution in [0.4, 0.5) is 11.6 Å². The van der Waals surface area contributed by atoms with Crippen LogP contribution in [0, 0.1) is 6.92 Å². The first-order valence-electron chi connectivity index (χ1n) is 6.40. The summed E-state index contributed by atoms with van der Waals surface area (Å²) >= 11 is 12.4. The second kappa shape index (κ2) is 5.51. The Bertz CT molecular complexity index is 890. The van der Waals surface area contributed by atoms with Crippen molar-refractivity contribution in [3.8, 4) is 0 Å². The second-order valence-corrected chi connectivity index (χ2v) is 5.59. The molecule has 0 saturated carbocycles. The number of benzene rings is 2. The molecule has 5 nitrogen and oxygen atoms in total. The van der Waals surface area contributed by atoms with E-state index in [9.17, 15) is 4.79 Å². The molecule has 0 fully saturated rings. The molecular weight excluding hydrogens is 325 g/mol. The number of nitrogens with zero attached hydrogens (tertiary/aromatic N) is 1. The Labute approximate surface area is 135 Å². The van der Waals surface area contributed by atoms with Crippen molar-refractivity contribution < 1.29 is 9.90 Å². The number of hydrogen-bond donors (Lipinski definition) is 3. The predicted octanol–water partition coefficient (Wildman–Crippen LogP) is 4.62. The highest BCUT2D eigenvalue weighted by molar-refractivity contribution is 6.39. The maximum absolute atomic E-state index is 11.0. The monoisotopic (exact) mass is 335 g/mol. The Kier molecular flexibility index (Phi) is 3.68. The third-order valence-electron chi connectivity index (χ3n) is 3.26. The van der Waals surface area contributed by atoms with E-state index in [0.717, 1.165) is 5.56 Å². The van der Waals surface area contributed by atoms with Crippen LogP contribution in [0.25, 0.3) is 11.0 Å². The van der Waals surface area contributed by atoms with Crippen LogP contribution in [0.2, 0.25) is 10.0 Å². The van der Waals surface area contributed by atoms with Crippen LogP contribution < -0.4 is 5.32 Å². The van der Waals surface area contributed by atoms with Crippen molar-refractivity contribution in [2.24, 2.45) is 0 Å². The molecule has 0 aliphatic rings. The van der Waals surface area contributed by atoms with Gasteiger partial charge < -0.3 is 15.4 Å². The molecule has 22 heavy (non-hydrogen) atoms. The summed E-state index contributed by atoms with van der Waals surface area (Å²) < 4.78 is 0. The summed E-state index contributed by atoms with van der Waals surface area (Å²) in [6, 6.07) is 8.24. The molecule has 3 N–H and O–H groups in total. The predicted molar refractivity (Wildman–Crippen MR) is 87.5 cm³/mol. The van der Waals surface area contributed by atoms with Gasteiger partial charge in [0.05, 0.1) is 32.3 Å². The van der Waals surface area contributed by atoms with E-state index in [4.69, 9.17) is 28.3 Å². The molecular formula is C15H11Cl2N3O2. The minimum Gasteiger partial charge on any atom is -0.478 e. The van der Waals surface area contributed by atoms with E-state index in [1.54, 1.807) is 12.1 Å². The van der Waals surface area contributed by atoms with Crippen molar-refractivity contribution >= 4 is 51.8 Å². The molecule has 0 unspecified atom stereocenters. The zero-order valence-electron chi connectivity index (χ0n) is 11.4. The standard InChI is InChI=1S/C15H11Cl2N3O2/c1-7-2-4-9(16)13(12(7)17)20-15-18-10-5-3-8(14(21)22)6-11(10)19-15/h2-6H,1H3,(H,21,22)(H2,18,19,20). The lowest BCUT2D eigenvalue weighted by Crippen LogP contribution is -1.95. The average molecular weight is 336 g/mol. The summed E-state index contributed by atoms with van der Waals surface area (Å²) in [6.45, 7) is 1.88. The van der Waals surface area contributed by atoms with Crippen LogP contribution in [-0.2, 0) is 0 Å². The van der Waals surface area contributed by atoms with Crippen LogP contribution in [0.3, 0.4) is 0 Å². The maximum atomic E-state index is 11.0. The van der Waals surface area contributed by atoms with E-state index >= 15 is 0 Å². The van der Waals surface area contributed by atoms with Crippen molar-refractivity contribution in [2.75, 3.05) is 5.32 Å². The number of aromatic amines is 1. The van der Waals surface area contributed by atoms with Crippen molar-refractivity contribution in [3.05, 3.63) is 51.5 Å². The fourth-order valence-corrected chi connectivity index (χ4v) is 2.56. The molecule has 1 aromatic heterocycles. The highest BCUT2D eigenvalue weighted by Gasteiger charge is 2.12. The van der Waals surface area contributed by atoms with Gasteiger partial charge in [0.15, 0.2) is 0 Å². The Hall–Kier alpha value is -2.24. The molecule has 0 radical (unpaired) electrons. The molecule has 0 bridgehead atoms. The zero-order chi connectivity index (χ0) is 15.9. The Morgan fingerprint density at radius 3 is 2.77 bits per heavy atom. The van der Waals surface area contributed by atoms with E-state index in [1.807, 2.05) is 13.0 Å². The van der Waals surface area contributed by atoms with Gasteiger partial charge in [-0.1, -0.05) is 29.3 Å². The molecule has 0 aliphatic heterocycles. The lowest BCUT2D eigenvalue weighted by Gasteiger charge is -2.09. The smallest absolute Gasteiger partial charge is 0.335 e. The van der Waals surface area contributed by atoms with Gasteiger partial charge in [-0.3, -0.25) is 0 Å². The fraction of sp³-hybridized carbons (Fsp3) is 0.0667. The number of aromatic carboxylic acids is 1. The molecule has 1 heterocycles. The topological polar surface area (TPSA) is 78.0 Å². The SMILES string of the molecule is Cc1ccc(Cl)c(Nc2nc3ccc(C(=O)O)cc3[nH]2)c1Cl. The number of aryl methyl sites for hydroxylation is 1. The van der Waals surface area contributed by atoms with Gasteiger partial charge in [-0.2, -0.15) is 0 Å². The molecule has 3 rings (SSSR count). The highest BCUT2D eigenvalue weighted by atomic mass is 35.5. The van der Waals surface area contributed by atoms with Crippen LogP contribution >= 0.6 is 23.2 Å². The lowest BCUT2D eigenvalue weighted by atomic mass is 10.2. The number of imidazole rings is 1. The number of aromatic nitrogens is 2. The molecule has 7 heteroatoms. The minimum atomic E-state index is -0.990. The summed E-state index contributed by atoms with van der Waals surface area (Å²) in [5.74, 6) is -0.553. The van der Waals surface area contributed by atoms with Gasteiger partial charge in [-0.25, -0.2) is 9.78 Å². The molecule has 0 spiro atoms. The third-order valence-corrected chi connectivity index (χ3v) is 4.06. The second-order valence-electron chi connectivity index (χ2n) is 4.80.